The van der Waals surface area contributed by atoms with E-state index in [1.165, 1.54) is 4.88 Å². The fourth-order valence-corrected chi connectivity index (χ4v) is 3.52. The molecule has 3 aromatic rings. The molecule has 2 heterocycles. The van der Waals surface area contributed by atoms with E-state index < -0.39 is 0 Å². The summed E-state index contributed by atoms with van der Waals surface area (Å²) in [5, 5.41) is 1.37. The predicted octanol–water partition coefficient (Wildman–Crippen LogP) is 4.03. The Morgan fingerprint density at radius 1 is 1.33 bits per heavy atom. The van der Waals surface area contributed by atoms with Crippen molar-refractivity contribution in [3.63, 3.8) is 0 Å². The van der Waals surface area contributed by atoms with Crippen LogP contribution in [-0.4, -0.2) is 9.55 Å². The van der Waals surface area contributed by atoms with Crippen LogP contribution >= 0.6 is 22.9 Å². The molecule has 0 amide bonds. The van der Waals surface area contributed by atoms with Gasteiger partial charge in [0.2, 0.25) is 0 Å². The lowest BCUT2D eigenvalue weighted by atomic mass is 10.2. The molecule has 1 aromatic carbocycles. The van der Waals surface area contributed by atoms with E-state index in [4.69, 9.17) is 11.6 Å². The maximum Gasteiger partial charge on any atom is 0.262 e. The van der Waals surface area contributed by atoms with Crippen molar-refractivity contribution in [2.75, 3.05) is 0 Å². The average molecular weight is 319 g/mol. The first-order chi connectivity index (χ1) is 10.1. The zero-order chi connectivity index (χ0) is 15.0. The molecule has 3 nitrogen and oxygen atoms in total. The number of benzene rings is 1. The fourth-order valence-electron chi connectivity index (χ4n) is 2.32. The Balaban J connectivity index is 2.14. The molecule has 0 atom stereocenters. The van der Waals surface area contributed by atoms with Crippen molar-refractivity contribution in [3.05, 3.63) is 62.0 Å². The summed E-state index contributed by atoms with van der Waals surface area (Å²) in [6.45, 7) is 4.40. The van der Waals surface area contributed by atoms with E-state index in [-0.39, 0.29) is 5.56 Å². The smallest absolute Gasteiger partial charge is 0.262 e. The Kier molecular flexibility index (Phi) is 3.83. The second kappa shape index (κ2) is 5.62. The van der Waals surface area contributed by atoms with Gasteiger partial charge in [0.1, 0.15) is 10.7 Å². The van der Waals surface area contributed by atoms with Gasteiger partial charge in [-0.1, -0.05) is 36.7 Å². The lowest BCUT2D eigenvalue weighted by Crippen LogP contribution is -2.24. The summed E-state index contributed by atoms with van der Waals surface area (Å²) in [6.07, 6.45) is 0.921. The van der Waals surface area contributed by atoms with E-state index in [1.807, 2.05) is 37.3 Å². The molecule has 0 aliphatic carbocycles. The maximum atomic E-state index is 12.7. The van der Waals surface area contributed by atoms with Crippen molar-refractivity contribution in [1.29, 1.82) is 0 Å². The summed E-state index contributed by atoms with van der Waals surface area (Å²) in [4.78, 5) is 19.3. The van der Waals surface area contributed by atoms with Crippen molar-refractivity contribution in [2.24, 2.45) is 0 Å². The van der Waals surface area contributed by atoms with Crippen molar-refractivity contribution in [3.8, 4) is 0 Å². The molecular formula is C16H15ClN2OS. The molecule has 108 valence electrons. The van der Waals surface area contributed by atoms with Gasteiger partial charge < -0.3 is 0 Å². The topological polar surface area (TPSA) is 34.9 Å². The van der Waals surface area contributed by atoms with Crippen LogP contribution in [-0.2, 0) is 13.0 Å². The van der Waals surface area contributed by atoms with Gasteiger partial charge in [-0.15, -0.1) is 11.3 Å². The van der Waals surface area contributed by atoms with Crippen LogP contribution in [0, 0.1) is 6.92 Å². The molecule has 0 aliphatic heterocycles. The van der Waals surface area contributed by atoms with Crippen LogP contribution < -0.4 is 5.56 Å². The molecule has 0 unspecified atom stereocenters. The second-order valence-corrected chi connectivity index (χ2v) is 6.45. The van der Waals surface area contributed by atoms with E-state index in [2.05, 4.69) is 11.9 Å². The van der Waals surface area contributed by atoms with Crippen LogP contribution in [0.25, 0.3) is 10.2 Å². The molecule has 0 spiro atoms. The van der Waals surface area contributed by atoms with Gasteiger partial charge in [-0.05, 0) is 31.0 Å². The molecule has 2 aromatic heterocycles. The van der Waals surface area contributed by atoms with Gasteiger partial charge in [0.05, 0.1) is 11.9 Å². The van der Waals surface area contributed by atoms with E-state index in [0.29, 0.717) is 17.0 Å². The first-order valence-electron chi connectivity index (χ1n) is 6.83. The van der Waals surface area contributed by atoms with Crippen LogP contribution in [0.15, 0.2) is 35.1 Å². The van der Waals surface area contributed by atoms with Crippen LogP contribution in [0.4, 0.5) is 0 Å². The van der Waals surface area contributed by atoms with E-state index in [9.17, 15) is 4.79 Å². The molecule has 0 fully saturated rings. The number of hydrogen-bond donors (Lipinski definition) is 0. The summed E-state index contributed by atoms with van der Waals surface area (Å²) >= 11 is 7.78. The molecular weight excluding hydrogens is 304 g/mol. The zero-order valence-electron chi connectivity index (χ0n) is 11.9. The number of halogens is 1. The largest absolute Gasteiger partial charge is 0.292 e. The number of aromatic nitrogens is 2. The first kappa shape index (κ1) is 14.3. The molecule has 0 aliphatic rings. The van der Waals surface area contributed by atoms with Gasteiger partial charge in [-0.2, -0.15) is 0 Å². The molecule has 21 heavy (non-hydrogen) atoms. The lowest BCUT2D eigenvalue weighted by Gasteiger charge is -2.10. The average Bonchev–Trinajstić information content (AvgIpc) is 2.88. The standard InChI is InChI=1S/C16H15ClN2OS/c1-3-12-8-13-15(21-12)18-10(2)19(16(13)20)9-11-6-4-5-7-14(11)17/h4-8H,3,9H2,1-2H3. The Bertz CT molecular complexity index is 866. The highest BCUT2D eigenvalue weighted by molar-refractivity contribution is 7.18. The molecule has 0 N–H and O–H groups in total. The van der Waals surface area contributed by atoms with Crippen LogP contribution in [0.3, 0.4) is 0 Å². The summed E-state index contributed by atoms with van der Waals surface area (Å²) in [6, 6.07) is 9.53. The zero-order valence-corrected chi connectivity index (χ0v) is 13.5. The highest BCUT2D eigenvalue weighted by atomic mass is 35.5. The monoisotopic (exact) mass is 318 g/mol. The third kappa shape index (κ3) is 2.61. The number of nitrogens with zero attached hydrogens (tertiary/aromatic N) is 2. The number of aryl methyl sites for hydroxylation is 2. The Morgan fingerprint density at radius 2 is 2.10 bits per heavy atom. The number of fused-ring (bicyclic) bond motifs is 1. The van der Waals surface area contributed by atoms with Crippen molar-refractivity contribution >= 4 is 33.2 Å². The van der Waals surface area contributed by atoms with Gasteiger partial charge in [0, 0.05) is 9.90 Å². The van der Waals surface area contributed by atoms with Gasteiger partial charge in [-0.25, -0.2) is 4.98 Å². The predicted molar refractivity (Wildman–Crippen MR) is 88.5 cm³/mol. The van der Waals surface area contributed by atoms with E-state index in [1.54, 1.807) is 15.9 Å². The third-order valence-electron chi connectivity index (χ3n) is 3.53. The van der Waals surface area contributed by atoms with Gasteiger partial charge in [0.15, 0.2) is 0 Å². The summed E-state index contributed by atoms with van der Waals surface area (Å²) < 4.78 is 1.69. The van der Waals surface area contributed by atoms with Gasteiger partial charge >= 0.3 is 0 Å². The van der Waals surface area contributed by atoms with Crippen LogP contribution in [0.1, 0.15) is 23.2 Å². The highest BCUT2D eigenvalue weighted by Gasteiger charge is 2.12. The third-order valence-corrected chi connectivity index (χ3v) is 5.07. The molecule has 0 bridgehead atoms. The SMILES string of the molecule is CCc1cc2c(=O)n(Cc3ccccc3Cl)c(C)nc2s1. The van der Waals surface area contributed by atoms with Crippen LogP contribution in [0.2, 0.25) is 5.02 Å². The first-order valence-corrected chi connectivity index (χ1v) is 8.03. The number of rotatable bonds is 3. The van der Waals surface area contributed by atoms with Crippen LogP contribution in [0.5, 0.6) is 0 Å². The van der Waals surface area contributed by atoms with Crippen molar-refractivity contribution < 1.29 is 0 Å². The minimum atomic E-state index is 0.00775. The van der Waals surface area contributed by atoms with Crippen molar-refractivity contribution in [1.82, 2.24) is 9.55 Å². The minimum Gasteiger partial charge on any atom is -0.292 e. The van der Waals surface area contributed by atoms with Gasteiger partial charge in [-0.3, -0.25) is 9.36 Å². The fraction of sp³-hybridized carbons (Fsp3) is 0.250. The maximum absolute atomic E-state index is 12.7. The lowest BCUT2D eigenvalue weighted by molar-refractivity contribution is 0.714. The number of thiophene rings is 1. The summed E-state index contributed by atoms with van der Waals surface area (Å²) in [7, 11) is 0. The van der Waals surface area contributed by atoms with E-state index >= 15 is 0 Å². The second-order valence-electron chi connectivity index (χ2n) is 4.93. The summed E-state index contributed by atoms with van der Waals surface area (Å²) in [5.41, 5.74) is 0.935. The van der Waals surface area contributed by atoms with E-state index in [0.717, 1.165) is 22.6 Å². The normalized spacial score (nSPS) is 11.2. The quantitative estimate of drug-likeness (QED) is 0.730. The Labute approximate surface area is 131 Å². The Hall–Kier alpha value is -1.65. The summed E-state index contributed by atoms with van der Waals surface area (Å²) in [5.74, 6) is 0.719. The Morgan fingerprint density at radius 3 is 2.81 bits per heavy atom. The van der Waals surface area contributed by atoms with Gasteiger partial charge in [0.25, 0.3) is 5.56 Å². The van der Waals surface area contributed by atoms with Crippen molar-refractivity contribution in [2.45, 2.75) is 26.8 Å². The number of hydrogen-bond acceptors (Lipinski definition) is 3. The molecule has 0 saturated carbocycles. The molecule has 3 rings (SSSR count). The molecule has 5 heteroatoms. The minimum absolute atomic E-state index is 0.00775. The highest BCUT2D eigenvalue weighted by Crippen LogP contribution is 2.23. The molecule has 0 saturated heterocycles. The molecule has 0 radical (unpaired) electrons.